The van der Waals surface area contributed by atoms with Crippen LogP contribution in [0.2, 0.25) is 0 Å². The summed E-state index contributed by atoms with van der Waals surface area (Å²) in [6, 6.07) is 11.5. The van der Waals surface area contributed by atoms with Crippen LogP contribution in [0.15, 0.2) is 48.8 Å². The van der Waals surface area contributed by atoms with Gasteiger partial charge >= 0.3 is 0 Å². The Labute approximate surface area is 123 Å². The predicted octanol–water partition coefficient (Wildman–Crippen LogP) is 3.33. The molecule has 0 bridgehead atoms. The highest BCUT2D eigenvalue weighted by atomic mass is 16.5. The molecule has 21 heavy (non-hydrogen) atoms. The van der Waals surface area contributed by atoms with Crippen molar-refractivity contribution in [2.75, 3.05) is 0 Å². The third kappa shape index (κ3) is 3.08. The second-order valence-electron chi connectivity index (χ2n) is 4.64. The smallest absolute Gasteiger partial charge is 0.222 e. The maximum absolute atomic E-state index is 5.79. The van der Waals surface area contributed by atoms with Gasteiger partial charge < -0.3 is 4.74 Å². The molecule has 3 rings (SSSR count). The minimum absolute atomic E-state index is 0.575. The molecular formula is C16H16N4O. The van der Waals surface area contributed by atoms with Crippen molar-refractivity contribution in [3.63, 3.8) is 0 Å². The zero-order valence-corrected chi connectivity index (χ0v) is 12.0. The van der Waals surface area contributed by atoms with E-state index in [-0.39, 0.29) is 0 Å². The molecule has 0 spiro atoms. The molecule has 106 valence electrons. The molecule has 1 aromatic carbocycles. The third-order valence-corrected chi connectivity index (χ3v) is 3.06. The Balaban J connectivity index is 1.80. The molecule has 0 aliphatic heterocycles. The lowest BCUT2D eigenvalue weighted by atomic mass is 10.3. The van der Waals surface area contributed by atoms with Crippen LogP contribution < -0.4 is 4.74 Å². The number of benzene rings is 1. The fraction of sp³-hybridized carbons (Fsp3) is 0.188. The summed E-state index contributed by atoms with van der Waals surface area (Å²) < 4.78 is 7.59. The molecule has 2 aromatic heterocycles. The molecule has 3 aromatic rings. The van der Waals surface area contributed by atoms with Crippen LogP contribution >= 0.6 is 0 Å². The fourth-order valence-corrected chi connectivity index (χ4v) is 2.04. The van der Waals surface area contributed by atoms with Gasteiger partial charge in [0.25, 0.3) is 0 Å². The Morgan fingerprint density at radius 2 is 1.95 bits per heavy atom. The summed E-state index contributed by atoms with van der Waals surface area (Å²) >= 11 is 0. The summed E-state index contributed by atoms with van der Waals surface area (Å²) in [5, 5.41) is 4.19. The second kappa shape index (κ2) is 5.75. The van der Waals surface area contributed by atoms with Gasteiger partial charge in [0.2, 0.25) is 5.88 Å². The van der Waals surface area contributed by atoms with Gasteiger partial charge in [0.05, 0.1) is 5.69 Å². The Morgan fingerprint density at radius 3 is 2.62 bits per heavy atom. The van der Waals surface area contributed by atoms with E-state index in [1.165, 1.54) is 0 Å². The Bertz CT molecular complexity index is 721. The van der Waals surface area contributed by atoms with Crippen molar-refractivity contribution in [1.82, 2.24) is 19.7 Å². The van der Waals surface area contributed by atoms with Crippen molar-refractivity contribution in [1.29, 1.82) is 0 Å². The summed E-state index contributed by atoms with van der Waals surface area (Å²) in [7, 11) is 0. The second-order valence-corrected chi connectivity index (χ2v) is 4.64. The summed E-state index contributed by atoms with van der Waals surface area (Å²) in [6.45, 7) is 3.93. The largest absolute Gasteiger partial charge is 0.439 e. The molecular weight excluding hydrogens is 264 g/mol. The van der Waals surface area contributed by atoms with E-state index >= 15 is 0 Å². The van der Waals surface area contributed by atoms with Crippen LogP contribution in [0.4, 0.5) is 0 Å². The zero-order valence-electron chi connectivity index (χ0n) is 12.0. The average molecular weight is 280 g/mol. The van der Waals surface area contributed by atoms with Crippen LogP contribution in [0.25, 0.3) is 5.69 Å². The van der Waals surface area contributed by atoms with Gasteiger partial charge in [0.1, 0.15) is 11.6 Å². The SMILES string of the molecule is CCc1cc(Oc2ccc(-n3cccn3)cc2)nc(C)n1. The standard InChI is InChI=1S/C16H16N4O/c1-3-13-11-16(19-12(2)18-13)21-15-7-5-14(6-8-15)20-10-4-9-17-20/h4-11H,3H2,1-2H3. The maximum atomic E-state index is 5.79. The Morgan fingerprint density at radius 1 is 1.14 bits per heavy atom. The van der Waals surface area contributed by atoms with E-state index in [1.54, 1.807) is 10.9 Å². The van der Waals surface area contributed by atoms with E-state index in [1.807, 2.05) is 49.5 Å². The number of ether oxygens (including phenoxy) is 1. The zero-order chi connectivity index (χ0) is 14.7. The van der Waals surface area contributed by atoms with Gasteiger partial charge in [-0.1, -0.05) is 6.92 Å². The first-order valence-electron chi connectivity index (χ1n) is 6.87. The minimum atomic E-state index is 0.575. The highest BCUT2D eigenvalue weighted by molar-refractivity contribution is 5.38. The van der Waals surface area contributed by atoms with Crippen molar-refractivity contribution in [3.8, 4) is 17.3 Å². The number of aryl methyl sites for hydroxylation is 2. The summed E-state index contributed by atoms with van der Waals surface area (Å²) in [6.07, 6.45) is 4.51. The molecule has 0 radical (unpaired) electrons. The number of hydrogen-bond acceptors (Lipinski definition) is 4. The van der Waals surface area contributed by atoms with Gasteiger partial charge in [-0.2, -0.15) is 10.1 Å². The van der Waals surface area contributed by atoms with Crippen LogP contribution in [0.1, 0.15) is 18.4 Å². The van der Waals surface area contributed by atoms with Crippen LogP contribution in [-0.4, -0.2) is 19.7 Å². The molecule has 5 heteroatoms. The topological polar surface area (TPSA) is 52.8 Å². The molecule has 0 amide bonds. The van der Waals surface area contributed by atoms with E-state index < -0.39 is 0 Å². The lowest BCUT2D eigenvalue weighted by Gasteiger charge is -2.08. The molecule has 0 N–H and O–H groups in total. The van der Waals surface area contributed by atoms with E-state index in [0.29, 0.717) is 5.88 Å². The van der Waals surface area contributed by atoms with E-state index in [0.717, 1.165) is 29.4 Å². The summed E-state index contributed by atoms with van der Waals surface area (Å²) in [4.78, 5) is 8.64. The van der Waals surface area contributed by atoms with Crippen molar-refractivity contribution < 1.29 is 4.74 Å². The monoisotopic (exact) mass is 280 g/mol. The molecule has 0 fully saturated rings. The molecule has 0 saturated heterocycles. The van der Waals surface area contributed by atoms with Crippen LogP contribution in [0.3, 0.4) is 0 Å². The normalized spacial score (nSPS) is 10.6. The Hall–Kier alpha value is -2.69. The van der Waals surface area contributed by atoms with Gasteiger partial charge in [-0.25, -0.2) is 9.67 Å². The minimum Gasteiger partial charge on any atom is -0.439 e. The van der Waals surface area contributed by atoms with Crippen molar-refractivity contribution in [3.05, 3.63) is 60.3 Å². The van der Waals surface area contributed by atoms with Crippen LogP contribution in [0, 0.1) is 6.92 Å². The molecule has 0 saturated carbocycles. The summed E-state index contributed by atoms with van der Waals surface area (Å²) in [5.41, 5.74) is 1.96. The maximum Gasteiger partial charge on any atom is 0.222 e. The lowest BCUT2D eigenvalue weighted by molar-refractivity contribution is 0.458. The summed E-state index contributed by atoms with van der Waals surface area (Å²) in [5.74, 6) is 2.04. The molecule has 0 aliphatic carbocycles. The fourth-order valence-electron chi connectivity index (χ4n) is 2.04. The molecule has 0 unspecified atom stereocenters. The quantitative estimate of drug-likeness (QED) is 0.735. The number of aromatic nitrogens is 4. The van der Waals surface area contributed by atoms with Crippen LogP contribution in [-0.2, 0) is 6.42 Å². The highest BCUT2D eigenvalue weighted by Gasteiger charge is 2.04. The molecule has 2 heterocycles. The average Bonchev–Trinajstić information content (AvgIpc) is 3.01. The van der Waals surface area contributed by atoms with Crippen LogP contribution in [0.5, 0.6) is 11.6 Å². The first-order chi connectivity index (χ1) is 10.2. The van der Waals surface area contributed by atoms with Crippen molar-refractivity contribution >= 4 is 0 Å². The number of rotatable bonds is 4. The third-order valence-electron chi connectivity index (χ3n) is 3.06. The number of nitrogens with zero attached hydrogens (tertiary/aromatic N) is 4. The van der Waals surface area contributed by atoms with Gasteiger partial charge in [-0.15, -0.1) is 0 Å². The van der Waals surface area contributed by atoms with Gasteiger partial charge in [-0.05, 0) is 43.7 Å². The highest BCUT2D eigenvalue weighted by Crippen LogP contribution is 2.21. The predicted molar refractivity (Wildman–Crippen MR) is 79.8 cm³/mol. The van der Waals surface area contributed by atoms with Gasteiger partial charge in [0, 0.05) is 24.2 Å². The molecule has 0 aliphatic rings. The molecule has 0 atom stereocenters. The van der Waals surface area contributed by atoms with Gasteiger partial charge in [-0.3, -0.25) is 0 Å². The first kappa shape index (κ1) is 13.3. The van der Waals surface area contributed by atoms with Crippen molar-refractivity contribution in [2.24, 2.45) is 0 Å². The van der Waals surface area contributed by atoms with Gasteiger partial charge in [0.15, 0.2) is 0 Å². The first-order valence-corrected chi connectivity index (χ1v) is 6.87. The van der Waals surface area contributed by atoms with E-state index in [4.69, 9.17) is 4.74 Å². The van der Waals surface area contributed by atoms with E-state index in [2.05, 4.69) is 22.0 Å². The van der Waals surface area contributed by atoms with Crippen molar-refractivity contribution in [2.45, 2.75) is 20.3 Å². The number of hydrogen-bond donors (Lipinski definition) is 0. The van der Waals surface area contributed by atoms with E-state index in [9.17, 15) is 0 Å². The lowest BCUT2D eigenvalue weighted by Crippen LogP contribution is -1.98. The Kier molecular flexibility index (Phi) is 3.64. The molecule has 5 nitrogen and oxygen atoms in total.